The maximum Gasteiger partial charge on any atom is 0.308 e. The number of likely N-dealkylation sites (tertiary alicyclic amines) is 1. The van der Waals surface area contributed by atoms with E-state index in [4.69, 9.17) is 25.8 Å². The van der Waals surface area contributed by atoms with Gasteiger partial charge >= 0.3 is 5.97 Å². The van der Waals surface area contributed by atoms with Crippen molar-refractivity contribution in [3.8, 4) is 11.5 Å². The molecule has 1 aliphatic rings. The van der Waals surface area contributed by atoms with Gasteiger partial charge in [0.05, 0.1) is 13.0 Å². The van der Waals surface area contributed by atoms with Crippen molar-refractivity contribution in [2.75, 3.05) is 33.4 Å². The number of nitrogens with zero attached hydrogens (tertiary/aromatic N) is 1. The van der Waals surface area contributed by atoms with Crippen LogP contribution in [0.5, 0.6) is 11.5 Å². The molecular formula is C26H28ClNO4. The van der Waals surface area contributed by atoms with Crippen LogP contribution >= 0.6 is 11.6 Å². The molecule has 3 aromatic carbocycles. The third-order valence-corrected chi connectivity index (χ3v) is 6.28. The van der Waals surface area contributed by atoms with E-state index in [-0.39, 0.29) is 11.9 Å². The molecule has 0 radical (unpaired) electrons. The third kappa shape index (κ3) is 5.53. The highest BCUT2D eigenvalue weighted by Crippen LogP contribution is 2.31. The van der Waals surface area contributed by atoms with Crippen molar-refractivity contribution < 1.29 is 19.0 Å². The summed E-state index contributed by atoms with van der Waals surface area (Å²) in [6.45, 7) is 3.75. The van der Waals surface area contributed by atoms with Gasteiger partial charge in [-0.15, -0.1) is 0 Å². The largest absolute Gasteiger partial charge is 0.492 e. The smallest absolute Gasteiger partial charge is 0.308 e. The number of fused-ring (bicyclic) bond motifs is 1. The Morgan fingerprint density at radius 3 is 2.41 bits per heavy atom. The van der Waals surface area contributed by atoms with Crippen LogP contribution in [-0.4, -0.2) is 44.2 Å². The van der Waals surface area contributed by atoms with Crippen LogP contribution in [0.4, 0.5) is 0 Å². The second-order valence-corrected chi connectivity index (χ2v) is 8.42. The number of hydrogen-bond acceptors (Lipinski definition) is 5. The predicted molar refractivity (Wildman–Crippen MR) is 126 cm³/mol. The van der Waals surface area contributed by atoms with Gasteiger partial charge in [-0.3, -0.25) is 9.69 Å². The van der Waals surface area contributed by atoms with Crippen LogP contribution in [0.25, 0.3) is 10.8 Å². The van der Waals surface area contributed by atoms with Crippen LogP contribution in [-0.2, 0) is 16.1 Å². The quantitative estimate of drug-likeness (QED) is 0.431. The van der Waals surface area contributed by atoms with Gasteiger partial charge in [-0.05, 0) is 55.8 Å². The molecule has 3 aromatic rings. The molecule has 1 aliphatic heterocycles. The van der Waals surface area contributed by atoms with Crippen molar-refractivity contribution in [1.82, 2.24) is 4.90 Å². The summed E-state index contributed by atoms with van der Waals surface area (Å²) >= 11 is 6.29. The molecule has 32 heavy (non-hydrogen) atoms. The van der Waals surface area contributed by atoms with Crippen molar-refractivity contribution in [1.29, 1.82) is 0 Å². The predicted octanol–water partition coefficient (Wildman–Crippen LogP) is 5.34. The fourth-order valence-electron chi connectivity index (χ4n) is 4.06. The monoisotopic (exact) mass is 453 g/mol. The molecule has 0 N–H and O–H groups in total. The number of halogens is 1. The van der Waals surface area contributed by atoms with Crippen molar-refractivity contribution in [2.45, 2.75) is 19.4 Å². The lowest BCUT2D eigenvalue weighted by Gasteiger charge is -2.30. The highest BCUT2D eigenvalue weighted by molar-refractivity contribution is 6.35. The molecule has 5 nitrogen and oxygen atoms in total. The van der Waals surface area contributed by atoms with E-state index in [1.807, 2.05) is 60.7 Å². The minimum absolute atomic E-state index is 0.0396. The average Bonchev–Trinajstić information content (AvgIpc) is 2.84. The van der Waals surface area contributed by atoms with Crippen LogP contribution in [0.3, 0.4) is 0 Å². The molecule has 1 fully saturated rings. The molecule has 1 heterocycles. The van der Waals surface area contributed by atoms with Gasteiger partial charge in [0.15, 0.2) is 0 Å². The van der Waals surface area contributed by atoms with E-state index in [9.17, 15) is 4.79 Å². The van der Waals surface area contributed by atoms with E-state index in [0.717, 1.165) is 65.3 Å². The molecule has 0 aromatic heterocycles. The number of rotatable bonds is 8. The van der Waals surface area contributed by atoms with E-state index >= 15 is 0 Å². The van der Waals surface area contributed by atoms with Crippen LogP contribution in [0, 0.1) is 5.92 Å². The zero-order valence-electron chi connectivity index (χ0n) is 18.3. The molecule has 0 aliphatic carbocycles. The minimum Gasteiger partial charge on any atom is -0.492 e. The highest BCUT2D eigenvalue weighted by Gasteiger charge is 2.25. The maximum atomic E-state index is 11.6. The summed E-state index contributed by atoms with van der Waals surface area (Å²) in [5.41, 5.74) is 1.07. The number of esters is 1. The Kier molecular flexibility index (Phi) is 7.51. The standard InChI is InChI=1S/C26H28ClNO4/c1-30-26(29)20-12-14-28(15-13-20)16-17-31-21-8-6-19(7-9-21)18-32-25-11-10-24(27)22-4-2-3-5-23(22)25/h2-11,20H,12-18H2,1H3. The highest BCUT2D eigenvalue weighted by atomic mass is 35.5. The van der Waals surface area contributed by atoms with Crippen LogP contribution in [0.2, 0.25) is 5.02 Å². The van der Waals surface area contributed by atoms with E-state index in [0.29, 0.717) is 13.2 Å². The van der Waals surface area contributed by atoms with Gasteiger partial charge in [-0.1, -0.05) is 48.0 Å². The molecule has 0 bridgehead atoms. The molecule has 0 spiro atoms. The summed E-state index contributed by atoms with van der Waals surface area (Å²) in [4.78, 5) is 14.0. The fourth-order valence-corrected chi connectivity index (χ4v) is 4.28. The topological polar surface area (TPSA) is 48.0 Å². The second-order valence-electron chi connectivity index (χ2n) is 8.01. The summed E-state index contributed by atoms with van der Waals surface area (Å²) in [7, 11) is 1.46. The number of piperidine rings is 1. The number of methoxy groups -OCH3 is 1. The SMILES string of the molecule is COC(=O)C1CCN(CCOc2ccc(COc3ccc(Cl)c4ccccc34)cc2)CC1. The zero-order valence-corrected chi connectivity index (χ0v) is 19.0. The fraction of sp³-hybridized carbons (Fsp3) is 0.346. The lowest BCUT2D eigenvalue weighted by Crippen LogP contribution is -2.38. The molecule has 0 saturated carbocycles. The Morgan fingerprint density at radius 1 is 0.969 bits per heavy atom. The van der Waals surface area contributed by atoms with Crippen molar-refractivity contribution in [2.24, 2.45) is 5.92 Å². The van der Waals surface area contributed by atoms with Gasteiger partial charge in [0.1, 0.15) is 24.7 Å². The Labute approximate surface area is 193 Å². The maximum absolute atomic E-state index is 11.6. The van der Waals surface area contributed by atoms with Gasteiger partial charge in [0, 0.05) is 22.3 Å². The minimum atomic E-state index is -0.0887. The normalized spacial score (nSPS) is 14.9. The number of ether oxygens (including phenoxy) is 3. The molecule has 6 heteroatoms. The van der Waals surface area contributed by atoms with Crippen molar-refractivity contribution in [3.63, 3.8) is 0 Å². The van der Waals surface area contributed by atoms with Crippen LogP contribution < -0.4 is 9.47 Å². The van der Waals surface area contributed by atoms with E-state index in [1.165, 1.54) is 7.11 Å². The number of benzene rings is 3. The number of carbonyl (C=O) groups excluding carboxylic acids is 1. The average molecular weight is 454 g/mol. The van der Waals surface area contributed by atoms with Gasteiger partial charge in [-0.25, -0.2) is 0 Å². The second kappa shape index (κ2) is 10.7. The lowest BCUT2D eigenvalue weighted by molar-refractivity contribution is -0.147. The lowest BCUT2D eigenvalue weighted by atomic mass is 9.97. The molecule has 168 valence electrons. The molecule has 4 rings (SSSR count). The Morgan fingerprint density at radius 2 is 1.69 bits per heavy atom. The van der Waals surface area contributed by atoms with Crippen LogP contribution in [0.1, 0.15) is 18.4 Å². The molecular weight excluding hydrogens is 426 g/mol. The first-order chi connectivity index (χ1) is 15.6. The van der Waals surface area contributed by atoms with E-state index in [1.54, 1.807) is 0 Å². The molecule has 1 saturated heterocycles. The van der Waals surface area contributed by atoms with Gasteiger partial charge in [-0.2, -0.15) is 0 Å². The number of hydrogen-bond donors (Lipinski definition) is 0. The zero-order chi connectivity index (χ0) is 22.3. The summed E-state index contributed by atoms with van der Waals surface area (Å²) < 4.78 is 16.8. The van der Waals surface area contributed by atoms with Gasteiger partial charge in [0.2, 0.25) is 0 Å². The first-order valence-electron chi connectivity index (χ1n) is 11.0. The summed E-state index contributed by atoms with van der Waals surface area (Å²) in [5.74, 6) is 1.61. The van der Waals surface area contributed by atoms with E-state index < -0.39 is 0 Å². The summed E-state index contributed by atoms with van der Waals surface area (Å²) in [5, 5.41) is 2.72. The molecule has 0 atom stereocenters. The molecule has 0 unspecified atom stereocenters. The molecule has 0 amide bonds. The van der Waals surface area contributed by atoms with Gasteiger partial charge < -0.3 is 14.2 Å². The Hall–Kier alpha value is -2.76. The van der Waals surface area contributed by atoms with Crippen molar-refractivity contribution >= 4 is 28.3 Å². The Balaban J connectivity index is 1.23. The van der Waals surface area contributed by atoms with E-state index in [2.05, 4.69) is 4.90 Å². The Bertz CT molecular complexity index is 1050. The third-order valence-electron chi connectivity index (χ3n) is 5.95. The first kappa shape index (κ1) is 22.4. The van der Waals surface area contributed by atoms with Gasteiger partial charge in [0.25, 0.3) is 0 Å². The van der Waals surface area contributed by atoms with Crippen molar-refractivity contribution in [3.05, 3.63) is 71.2 Å². The summed E-state index contributed by atoms with van der Waals surface area (Å²) in [6.07, 6.45) is 1.70. The van der Waals surface area contributed by atoms with Crippen LogP contribution in [0.15, 0.2) is 60.7 Å². The number of carbonyl (C=O) groups is 1. The summed E-state index contributed by atoms with van der Waals surface area (Å²) in [6, 6.07) is 19.8. The first-order valence-corrected chi connectivity index (χ1v) is 11.3.